The molecule has 2 aromatic rings. The lowest BCUT2D eigenvalue weighted by Gasteiger charge is -2.13. The molecule has 0 aliphatic carbocycles. The van der Waals surface area contributed by atoms with Crippen molar-refractivity contribution in [1.82, 2.24) is 15.6 Å². The molecular formula is C18H25Cl2IN4O. The van der Waals surface area contributed by atoms with Crippen LogP contribution in [0.1, 0.15) is 38.0 Å². The SMILES string of the molecule is CN=C(NCCc1c(Cl)cccc1Cl)NCc1ncc(C(C)(C)C)o1.I. The van der Waals surface area contributed by atoms with Gasteiger partial charge in [-0.05, 0) is 24.1 Å². The first-order valence-corrected chi connectivity index (χ1v) is 8.89. The van der Waals surface area contributed by atoms with E-state index in [1.807, 2.05) is 18.2 Å². The van der Waals surface area contributed by atoms with Crippen LogP contribution in [-0.2, 0) is 18.4 Å². The fourth-order valence-electron chi connectivity index (χ4n) is 2.20. The van der Waals surface area contributed by atoms with Crippen molar-refractivity contribution in [2.45, 2.75) is 39.2 Å². The predicted octanol–water partition coefficient (Wildman–Crippen LogP) is 4.80. The van der Waals surface area contributed by atoms with Crippen LogP contribution in [0.4, 0.5) is 0 Å². The van der Waals surface area contributed by atoms with Crippen LogP contribution in [0.5, 0.6) is 0 Å². The van der Waals surface area contributed by atoms with Gasteiger partial charge < -0.3 is 15.1 Å². The van der Waals surface area contributed by atoms with E-state index >= 15 is 0 Å². The molecule has 1 heterocycles. The molecule has 0 radical (unpaired) electrons. The lowest BCUT2D eigenvalue weighted by Crippen LogP contribution is -2.38. The summed E-state index contributed by atoms with van der Waals surface area (Å²) in [6.07, 6.45) is 2.47. The largest absolute Gasteiger partial charge is 0.443 e. The molecule has 144 valence electrons. The molecule has 0 aliphatic rings. The van der Waals surface area contributed by atoms with E-state index in [0.717, 1.165) is 11.3 Å². The normalized spacial score (nSPS) is 11.8. The smallest absolute Gasteiger partial charge is 0.213 e. The lowest BCUT2D eigenvalue weighted by molar-refractivity contribution is 0.379. The van der Waals surface area contributed by atoms with Crippen LogP contribution < -0.4 is 10.6 Å². The second-order valence-corrected chi connectivity index (χ2v) is 7.49. The fraction of sp³-hybridized carbons (Fsp3) is 0.444. The van der Waals surface area contributed by atoms with Crippen LogP contribution in [0.25, 0.3) is 0 Å². The van der Waals surface area contributed by atoms with Crippen LogP contribution in [0.2, 0.25) is 10.0 Å². The van der Waals surface area contributed by atoms with E-state index < -0.39 is 0 Å². The van der Waals surface area contributed by atoms with E-state index in [2.05, 4.69) is 41.4 Å². The Labute approximate surface area is 182 Å². The van der Waals surface area contributed by atoms with Crippen LogP contribution in [0, 0.1) is 0 Å². The minimum atomic E-state index is -0.0562. The van der Waals surface area contributed by atoms with Crippen LogP contribution >= 0.6 is 47.2 Å². The number of rotatable bonds is 5. The number of oxazole rings is 1. The monoisotopic (exact) mass is 510 g/mol. The van der Waals surface area contributed by atoms with Gasteiger partial charge in [0.15, 0.2) is 5.96 Å². The third-order valence-corrected chi connectivity index (χ3v) is 4.36. The van der Waals surface area contributed by atoms with E-state index in [9.17, 15) is 0 Å². The van der Waals surface area contributed by atoms with E-state index in [4.69, 9.17) is 27.6 Å². The van der Waals surface area contributed by atoms with E-state index in [1.54, 1.807) is 13.2 Å². The number of nitrogens with zero attached hydrogens (tertiary/aromatic N) is 2. The fourth-order valence-corrected chi connectivity index (χ4v) is 2.78. The Kier molecular flexibility index (Phi) is 9.19. The summed E-state index contributed by atoms with van der Waals surface area (Å²) in [5.74, 6) is 2.15. The minimum Gasteiger partial charge on any atom is -0.443 e. The van der Waals surface area contributed by atoms with Gasteiger partial charge in [0.25, 0.3) is 0 Å². The molecule has 8 heteroatoms. The highest BCUT2D eigenvalue weighted by Gasteiger charge is 2.19. The first-order valence-electron chi connectivity index (χ1n) is 8.14. The van der Waals surface area contributed by atoms with Crippen molar-refractivity contribution in [1.29, 1.82) is 0 Å². The van der Waals surface area contributed by atoms with Gasteiger partial charge >= 0.3 is 0 Å². The van der Waals surface area contributed by atoms with Gasteiger partial charge in [0.2, 0.25) is 5.89 Å². The molecule has 0 amide bonds. The van der Waals surface area contributed by atoms with Gasteiger partial charge in [0.1, 0.15) is 5.76 Å². The Hall–Kier alpha value is -0.990. The average Bonchev–Trinajstić information content (AvgIpc) is 3.02. The zero-order chi connectivity index (χ0) is 18.4. The molecule has 0 aliphatic heterocycles. The molecule has 0 bridgehead atoms. The van der Waals surface area contributed by atoms with Gasteiger partial charge in [0.05, 0.1) is 12.7 Å². The summed E-state index contributed by atoms with van der Waals surface area (Å²) in [6.45, 7) is 7.38. The van der Waals surface area contributed by atoms with E-state index in [-0.39, 0.29) is 29.4 Å². The van der Waals surface area contributed by atoms with Crippen molar-refractivity contribution >= 4 is 53.1 Å². The number of hydrogen-bond donors (Lipinski definition) is 2. The quantitative estimate of drug-likeness (QED) is 0.344. The highest BCUT2D eigenvalue weighted by molar-refractivity contribution is 14.0. The third-order valence-electron chi connectivity index (χ3n) is 3.65. The molecule has 5 nitrogen and oxygen atoms in total. The van der Waals surface area contributed by atoms with Gasteiger partial charge in [0, 0.05) is 29.1 Å². The first-order chi connectivity index (χ1) is 11.8. The molecular weight excluding hydrogens is 486 g/mol. The minimum absolute atomic E-state index is 0. The van der Waals surface area contributed by atoms with Gasteiger partial charge in [-0.2, -0.15) is 0 Å². The summed E-state index contributed by atoms with van der Waals surface area (Å²) in [5.41, 5.74) is 0.871. The zero-order valence-electron chi connectivity index (χ0n) is 15.4. The Bertz CT molecular complexity index is 721. The summed E-state index contributed by atoms with van der Waals surface area (Å²) >= 11 is 12.4. The predicted molar refractivity (Wildman–Crippen MR) is 119 cm³/mol. The molecule has 0 spiro atoms. The van der Waals surface area contributed by atoms with Crippen molar-refractivity contribution in [2.24, 2.45) is 4.99 Å². The molecule has 0 saturated carbocycles. The van der Waals surface area contributed by atoms with Crippen LogP contribution in [0.15, 0.2) is 33.8 Å². The topological polar surface area (TPSA) is 62.5 Å². The summed E-state index contributed by atoms with van der Waals surface area (Å²) in [7, 11) is 1.72. The highest BCUT2D eigenvalue weighted by Crippen LogP contribution is 2.24. The summed E-state index contributed by atoms with van der Waals surface area (Å²) in [5, 5.41) is 7.76. The van der Waals surface area contributed by atoms with E-state index in [0.29, 0.717) is 41.4 Å². The molecule has 2 rings (SSSR count). The maximum Gasteiger partial charge on any atom is 0.213 e. The molecule has 0 atom stereocenters. The van der Waals surface area contributed by atoms with Gasteiger partial charge in [-0.15, -0.1) is 24.0 Å². The van der Waals surface area contributed by atoms with Gasteiger partial charge in [-0.1, -0.05) is 50.0 Å². The number of aliphatic imine (C=N–C) groups is 1. The second-order valence-electron chi connectivity index (χ2n) is 6.67. The van der Waals surface area contributed by atoms with Crippen molar-refractivity contribution in [3.63, 3.8) is 0 Å². The van der Waals surface area contributed by atoms with Crippen LogP contribution in [-0.4, -0.2) is 24.5 Å². The summed E-state index contributed by atoms with van der Waals surface area (Å²) in [4.78, 5) is 8.49. The van der Waals surface area contributed by atoms with Gasteiger partial charge in [-0.25, -0.2) is 4.98 Å². The van der Waals surface area contributed by atoms with Crippen molar-refractivity contribution < 1.29 is 4.42 Å². The molecule has 0 fully saturated rings. The number of benzene rings is 1. The lowest BCUT2D eigenvalue weighted by atomic mass is 9.94. The molecule has 1 aromatic carbocycles. The highest BCUT2D eigenvalue weighted by atomic mass is 127. The Balaban J connectivity index is 0.00000338. The number of halogens is 3. The maximum absolute atomic E-state index is 6.18. The maximum atomic E-state index is 6.18. The Morgan fingerprint density at radius 1 is 1.19 bits per heavy atom. The molecule has 0 saturated heterocycles. The standard InChI is InChI=1S/C18H24Cl2N4O.HI/c1-18(2,3)15-10-23-16(25-15)11-24-17(21-4)22-9-8-12-13(19)6-5-7-14(12)20;/h5-7,10H,8-9,11H2,1-4H3,(H2,21,22,24);1H. The van der Waals surface area contributed by atoms with Gasteiger partial charge in [-0.3, -0.25) is 4.99 Å². The van der Waals surface area contributed by atoms with Crippen LogP contribution in [0.3, 0.4) is 0 Å². The molecule has 2 N–H and O–H groups in total. The number of nitrogens with one attached hydrogen (secondary N) is 2. The summed E-state index contributed by atoms with van der Waals surface area (Å²) in [6, 6.07) is 5.51. The zero-order valence-corrected chi connectivity index (χ0v) is 19.2. The first kappa shape index (κ1) is 23.0. The van der Waals surface area contributed by atoms with E-state index in [1.165, 1.54) is 0 Å². The number of guanidine groups is 1. The molecule has 26 heavy (non-hydrogen) atoms. The Morgan fingerprint density at radius 2 is 1.85 bits per heavy atom. The molecule has 0 unspecified atom stereocenters. The van der Waals surface area contributed by atoms with Crippen molar-refractivity contribution in [3.8, 4) is 0 Å². The third kappa shape index (κ3) is 6.63. The summed E-state index contributed by atoms with van der Waals surface area (Å²) < 4.78 is 5.76. The Morgan fingerprint density at radius 3 is 2.38 bits per heavy atom. The second kappa shape index (κ2) is 10.4. The van der Waals surface area contributed by atoms with Crippen molar-refractivity contribution in [3.05, 3.63) is 51.7 Å². The number of hydrogen-bond acceptors (Lipinski definition) is 3. The average molecular weight is 511 g/mol. The van der Waals surface area contributed by atoms with Crippen molar-refractivity contribution in [2.75, 3.05) is 13.6 Å². The number of aromatic nitrogens is 1. The molecule has 1 aromatic heterocycles.